The number of ether oxygens (including phenoxy) is 2. The highest BCUT2D eigenvalue weighted by molar-refractivity contribution is 5.88. The van der Waals surface area contributed by atoms with Gasteiger partial charge in [0, 0.05) is 19.5 Å². The highest BCUT2D eigenvalue weighted by atomic mass is 16.5. The van der Waals surface area contributed by atoms with Crippen LogP contribution in [0.25, 0.3) is 0 Å². The van der Waals surface area contributed by atoms with E-state index in [9.17, 15) is 9.59 Å². The molecule has 4 aromatic carbocycles. The molecule has 4 rings (SSSR count). The first kappa shape index (κ1) is 28.4. The van der Waals surface area contributed by atoms with Gasteiger partial charge in [0.25, 0.3) is 0 Å². The number of hydrogen-bond donors (Lipinski definition) is 1. The minimum absolute atomic E-state index is 0.103. The summed E-state index contributed by atoms with van der Waals surface area (Å²) in [5.41, 5.74) is 3.91. The molecule has 0 aliphatic rings. The summed E-state index contributed by atoms with van der Waals surface area (Å²) in [4.78, 5) is 29.3. The molecular weight excluding hydrogens is 500 g/mol. The molecule has 2 amide bonds. The summed E-state index contributed by atoms with van der Waals surface area (Å²) in [6.07, 6.45) is 1.29. The molecular formula is C34H36N2O4. The van der Waals surface area contributed by atoms with Crippen LogP contribution in [0, 0.1) is 0 Å². The number of carbonyl (C=O) groups excluding carboxylic acids is 2. The first-order chi connectivity index (χ1) is 19.6. The van der Waals surface area contributed by atoms with Gasteiger partial charge in [-0.15, -0.1) is 0 Å². The maximum atomic E-state index is 13.8. The molecule has 0 fully saturated rings. The number of rotatable bonds is 13. The van der Waals surface area contributed by atoms with E-state index in [2.05, 4.69) is 5.32 Å². The van der Waals surface area contributed by atoms with Gasteiger partial charge in [0.15, 0.2) is 0 Å². The number of methoxy groups -OCH3 is 2. The normalized spacial score (nSPS) is 11.3. The lowest BCUT2D eigenvalue weighted by Gasteiger charge is -2.32. The second-order valence-corrected chi connectivity index (χ2v) is 9.63. The van der Waals surface area contributed by atoms with Crippen LogP contribution in [-0.2, 0) is 35.4 Å². The van der Waals surface area contributed by atoms with Crippen LogP contribution >= 0.6 is 0 Å². The van der Waals surface area contributed by atoms with Crippen molar-refractivity contribution in [2.24, 2.45) is 0 Å². The second kappa shape index (κ2) is 14.5. The molecule has 1 atom stereocenters. The molecule has 6 heteroatoms. The fourth-order valence-electron chi connectivity index (χ4n) is 4.59. The maximum absolute atomic E-state index is 13.8. The van der Waals surface area contributed by atoms with Crippen molar-refractivity contribution in [1.29, 1.82) is 0 Å². The Balaban J connectivity index is 1.58. The minimum Gasteiger partial charge on any atom is -0.497 e. The van der Waals surface area contributed by atoms with Crippen molar-refractivity contribution in [2.75, 3.05) is 20.8 Å². The third-order valence-electron chi connectivity index (χ3n) is 6.85. The Kier molecular flexibility index (Phi) is 10.3. The van der Waals surface area contributed by atoms with Gasteiger partial charge in [-0.3, -0.25) is 9.59 Å². The Morgan fingerprint density at radius 2 is 1.20 bits per heavy atom. The molecule has 0 aliphatic carbocycles. The van der Waals surface area contributed by atoms with E-state index in [4.69, 9.17) is 9.47 Å². The van der Waals surface area contributed by atoms with Crippen molar-refractivity contribution in [3.05, 3.63) is 131 Å². The van der Waals surface area contributed by atoms with Crippen LogP contribution in [-0.4, -0.2) is 43.5 Å². The Bertz CT molecular complexity index is 1340. The van der Waals surface area contributed by atoms with Crippen molar-refractivity contribution in [2.45, 2.75) is 31.8 Å². The zero-order valence-electron chi connectivity index (χ0n) is 23.1. The lowest BCUT2D eigenvalue weighted by molar-refractivity contribution is -0.140. The Morgan fingerprint density at radius 1 is 0.675 bits per heavy atom. The molecule has 0 aromatic heterocycles. The molecule has 4 aromatic rings. The monoisotopic (exact) mass is 536 g/mol. The molecule has 0 spiro atoms. The Hall–Kier alpha value is -4.58. The topological polar surface area (TPSA) is 67.9 Å². The lowest BCUT2D eigenvalue weighted by atomic mass is 10.0. The number of nitrogens with zero attached hydrogens (tertiary/aromatic N) is 1. The molecule has 40 heavy (non-hydrogen) atoms. The van der Waals surface area contributed by atoms with E-state index < -0.39 is 6.04 Å². The molecule has 0 bridgehead atoms. The van der Waals surface area contributed by atoms with E-state index in [1.807, 2.05) is 109 Å². The van der Waals surface area contributed by atoms with E-state index in [-0.39, 0.29) is 18.2 Å². The molecule has 0 saturated heterocycles. The first-order valence-corrected chi connectivity index (χ1v) is 13.5. The average Bonchev–Trinajstić information content (AvgIpc) is 3.00. The number of hydrogen-bond acceptors (Lipinski definition) is 4. The standard InChI is InChI=1S/C34H36N2O4/c1-39-30-17-13-26(14-18-30)21-22-35-34(38)32(23-27-9-5-3-6-10-27)36(25-29-15-19-31(40-2)20-16-29)33(37)24-28-11-7-4-8-12-28/h3-20,32H,21-25H2,1-2H3,(H,35,38)/t32-/m1/s1. The number of benzene rings is 4. The maximum Gasteiger partial charge on any atom is 0.243 e. The van der Waals surface area contributed by atoms with Crippen LogP contribution in [0.3, 0.4) is 0 Å². The van der Waals surface area contributed by atoms with Crippen LogP contribution in [0.1, 0.15) is 22.3 Å². The van der Waals surface area contributed by atoms with E-state index in [0.29, 0.717) is 25.9 Å². The first-order valence-electron chi connectivity index (χ1n) is 13.5. The second-order valence-electron chi connectivity index (χ2n) is 9.63. The average molecular weight is 537 g/mol. The summed E-state index contributed by atoms with van der Waals surface area (Å²) in [6.45, 7) is 0.763. The smallest absolute Gasteiger partial charge is 0.243 e. The van der Waals surface area contributed by atoms with Gasteiger partial charge in [-0.05, 0) is 52.9 Å². The fourth-order valence-corrected chi connectivity index (χ4v) is 4.59. The minimum atomic E-state index is -0.684. The molecule has 6 nitrogen and oxygen atoms in total. The van der Waals surface area contributed by atoms with Crippen molar-refractivity contribution >= 4 is 11.8 Å². The van der Waals surface area contributed by atoms with E-state index in [0.717, 1.165) is 33.8 Å². The van der Waals surface area contributed by atoms with E-state index >= 15 is 0 Å². The van der Waals surface area contributed by atoms with E-state index in [1.165, 1.54) is 0 Å². The predicted octanol–water partition coefficient (Wildman–Crippen LogP) is 5.25. The quantitative estimate of drug-likeness (QED) is 0.254. The van der Waals surface area contributed by atoms with Crippen molar-refractivity contribution < 1.29 is 19.1 Å². The van der Waals surface area contributed by atoms with Crippen LogP contribution < -0.4 is 14.8 Å². The predicted molar refractivity (Wildman–Crippen MR) is 157 cm³/mol. The van der Waals surface area contributed by atoms with Gasteiger partial charge in [0.2, 0.25) is 11.8 Å². The summed E-state index contributed by atoms with van der Waals surface area (Å²) < 4.78 is 10.5. The molecule has 206 valence electrons. The van der Waals surface area contributed by atoms with Gasteiger partial charge < -0.3 is 19.7 Å². The number of amides is 2. The van der Waals surface area contributed by atoms with Gasteiger partial charge in [0.1, 0.15) is 17.5 Å². The molecule has 1 N–H and O–H groups in total. The van der Waals surface area contributed by atoms with Gasteiger partial charge in [0.05, 0.1) is 20.6 Å². The van der Waals surface area contributed by atoms with Crippen LogP contribution in [0.2, 0.25) is 0 Å². The lowest BCUT2D eigenvalue weighted by Crippen LogP contribution is -2.51. The van der Waals surface area contributed by atoms with Crippen molar-refractivity contribution in [1.82, 2.24) is 10.2 Å². The summed E-state index contributed by atoms with van der Waals surface area (Å²) >= 11 is 0. The zero-order valence-corrected chi connectivity index (χ0v) is 23.1. The molecule has 0 radical (unpaired) electrons. The van der Waals surface area contributed by atoms with Gasteiger partial charge in [-0.2, -0.15) is 0 Å². The van der Waals surface area contributed by atoms with Crippen LogP contribution in [0.4, 0.5) is 0 Å². The third-order valence-corrected chi connectivity index (χ3v) is 6.85. The van der Waals surface area contributed by atoms with Crippen molar-refractivity contribution in [3.63, 3.8) is 0 Å². The van der Waals surface area contributed by atoms with Gasteiger partial charge in [-0.1, -0.05) is 84.9 Å². The molecule has 0 aliphatic heterocycles. The summed E-state index contributed by atoms with van der Waals surface area (Å²) in [6, 6.07) is 34.2. The molecule has 0 heterocycles. The van der Waals surface area contributed by atoms with Crippen LogP contribution in [0.5, 0.6) is 11.5 Å². The summed E-state index contributed by atoms with van der Waals surface area (Å²) in [5.74, 6) is 1.25. The fraction of sp³-hybridized carbons (Fsp3) is 0.235. The van der Waals surface area contributed by atoms with Gasteiger partial charge >= 0.3 is 0 Å². The Labute approximate surface area is 236 Å². The Morgan fingerprint density at radius 3 is 1.75 bits per heavy atom. The zero-order chi connectivity index (χ0) is 28.2. The summed E-state index contributed by atoms with van der Waals surface area (Å²) in [5, 5.41) is 3.10. The molecule has 0 saturated carbocycles. The van der Waals surface area contributed by atoms with Crippen LogP contribution in [0.15, 0.2) is 109 Å². The number of carbonyl (C=O) groups is 2. The molecule has 0 unspecified atom stereocenters. The highest BCUT2D eigenvalue weighted by Crippen LogP contribution is 2.19. The van der Waals surface area contributed by atoms with E-state index in [1.54, 1.807) is 19.1 Å². The summed E-state index contributed by atoms with van der Waals surface area (Å²) in [7, 11) is 3.26. The highest BCUT2D eigenvalue weighted by Gasteiger charge is 2.30. The third kappa shape index (κ3) is 8.21. The van der Waals surface area contributed by atoms with Crippen molar-refractivity contribution in [3.8, 4) is 11.5 Å². The number of nitrogens with one attached hydrogen (secondary N) is 1. The van der Waals surface area contributed by atoms with Gasteiger partial charge in [-0.25, -0.2) is 0 Å². The largest absolute Gasteiger partial charge is 0.497 e. The SMILES string of the molecule is COc1ccc(CCNC(=O)[C@@H](Cc2ccccc2)N(Cc2ccc(OC)cc2)C(=O)Cc2ccccc2)cc1.